The number of carbonyl (C=O) groups excluding carboxylic acids is 1. The highest BCUT2D eigenvalue weighted by atomic mass is 35.5. The van der Waals surface area contributed by atoms with Gasteiger partial charge in [0.05, 0.1) is 6.54 Å². The minimum Gasteiger partial charge on any atom is -0.381 e. The first kappa shape index (κ1) is 16.3. The zero-order chi connectivity index (χ0) is 14.9. The summed E-state index contributed by atoms with van der Waals surface area (Å²) < 4.78 is 5.31. The van der Waals surface area contributed by atoms with Crippen LogP contribution in [0.15, 0.2) is 24.3 Å². The van der Waals surface area contributed by atoms with Crippen LogP contribution in [-0.4, -0.2) is 38.8 Å². The third kappa shape index (κ3) is 6.46. The molecule has 0 spiro atoms. The van der Waals surface area contributed by atoms with E-state index in [1.807, 2.05) is 24.3 Å². The van der Waals surface area contributed by atoms with E-state index < -0.39 is 0 Å². The van der Waals surface area contributed by atoms with Crippen molar-refractivity contribution in [3.05, 3.63) is 34.9 Å². The molecule has 0 atom stereocenters. The van der Waals surface area contributed by atoms with Crippen molar-refractivity contribution in [3.8, 4) is 0 Å². The molecule has 5 heteroatoms. The normalized spacial score (nSPS) is 15.9. The fraction of sp³-hybridized carbons (Fsp3) is 0.562. The van der Waals surface area contributed by atoms with E-state index in [1.165, 1.54) is 5.56 Å². The van der Waals surface area contributed by atoms with Crippen molar-refractivity contribution in [1.82, 2.24) is 10.6 Å². The van der Waals surface area contributed by atoms with Crippen LogP contribution in [0.2, 0.25) is 5.02 Å². The Hall–Kier alpha value is -1.10. The van der Waals surface area contributed by atoms with E-state index in [9.17, 15) is 4.79 Å². The number of hydrogen-bond acceptors (Lipinski definition) is 3. The van der Waals surface area contributed by atoms with Gasteiger partial charge in [-0.05, 0) is 49.4 Å². The Morgan fingerprint density at radius 1 is 1.24 bits per heavy atom. The van der Waals surface area contributed by atoms with Gasteiger partial charge < -0.3 is 15.4 Å². The fourth-order valence-corrected chi connectivity index (χ4v) is 2.53. The average molecular weight is 311 g/mol. The van der Waals surface area contributed by atoms with Gasteiger partial charge in [0.15, 0.2) is 0 Å². The van der Waals surface area contributed by atoms with E-state index in [4.69, 9.17) is 16.3 Å². The summed E-state index contributed by atoms with van der Waals surface area (Å²) in [5, 5.41) is 6.89. The van der Waals surface area contributed by atoms with Crippen LogP contribution in [0.4, 0.5) is 0 Å². The third-order valence-corrected chi connectivity index (χ3v) is 3.96. The number of nitrogens with one attached hydrogen (secondary N) is 2. The van der Waals surface area contributed by atoms with Gasteiger partial charge in [0, 0.05) is 24.8 Å². The molecular formula is C16H23ClN2O2. The summed E-state index contributed by atoms with van der Waals surface area (Å²) in [5.41, 5.74) is 1.18. The summed E-state index contributed by atoms with van der Waals surface area (Å²) >= 11 is 5.83. The van der Waals surface area contributed by atoms with Crippen LogP contribution in [0, 0.1) is 5.92 Å². The summed E-state index contributed by atoms with van der Waals surface area (Å²) in [6, 6.07) is 7.71. The lowest BCUT2D eigenvalue weighted by Gasteiger charge is -2.22. The molecule has 21 heavy (non-hydrogen) atoms. The van der Waals surface area contributed by atoms with Gasteiger partial charge in [-0.1, -0.05) is 23.7 Å². The molecule has 1 saturated heterocycles. The second kappa shape index (κ2) is 9.03. The second-order valence-electron chi connectivity index (χ2n) is 5.41. The van der Waals surface area contributed by atoms with Crippen LogP contribution in [0.5, 0.6) is 0 Å². The van der Waals surface area contributed by atoms with Crippen LogP contribution in [0.3, 0.4) is 0 Å². The molecule has 2 rings (SSSR count). The average Bonchev–Trinajstić information content (AvgIpc) is 2.50. The van der Waals surface area contributed by atoms with Crippen LogP contribution in [0.1, 0.15) is 18.4 Å². The molecule has 0 bridgehead atoms. The van der Waals surface area contributed by atoms with Gasteiger partial charge in [0.2, 0.25) is 5.91 Å². The molecule has 0 radical (unpaired) electrons. The predicted octanol–water partition coefficient (Wildman–Crippen LogP) is 2.01. The first-order chi connectivity index (χ1) is 10.2. The fourth-order valence-electron chi connectivity index (χ4n) is 2.40. The Bertz CT molecular complexity index is 430. The summed E-state index contributed by atoms with van der Waals surface area (Å²) in [6.07, 6.45) is 3.00. The molecule has 1 amide bonds. The molecule has 1 aromatic rings. The second-order valence-corrected chi connectivity index (χ2v) is 5.85. The topological polar surface area (TPSA) is 50.4 Å². The minimum atomic E-state index is 0.0519. The zero-order valence-corrected chi connectivity index (χ0v) is 13.0. The van der Waals surface area contributed by atoms with Crippen molar-refractivity contribution < 1.29 is 9.53 Å². The SMILES string of the molecule is O=C(CNCC1CCOCC1)NCCc1ccc(Cl)cc1. The van der Waals surface area contributed by atoms with Crippen molar-refractivity contribution in [3.63, 3.8) is 0 Å². The molecule has 0 aromatic heterocycles. The highest BCUT2D eigenvalue weighted by Crippen LogP contribution is 2.13. The first-order valence-corrected chi connectivity index (χ1v) is 7.91. The molecule has 4 nitrogen and oxygen atoms in total. The lowest BCUT2D eigenvalue weighted by molar-refractivity contribution is -0.120. The molecule has 1 heterocycles. The minimum absolute atomic E-state index is 0.0519. The van der Waals surface area contributed by atoms with Crippen molar-refractivity contribution in [2.75, 3.05) is 32.8 Å². The molecule has 1 aromatic carbocycles. The van der Waals surface area contributed by atoms with Crippen LogP contribution in [-0.2, 0) is 16.0 Å². The van der Waals surface area contributed by atoms with Gasteiger partial charge in [-0.2, -0.15) is 0 Å². The number of rotatable bonds is 7. The van der Waals surface area contributed by atoms with E-state index in [2.05, 4.69) is 10.6 Å². The third-order valence-electron chi connectivity index (χ3n) is 3.71. The molecule has 2 N–H and O–H groups in total. The predicted molar refractivity (Wildman–Crippen MR) is 84.6 cm³/mol. The molecule has 0 saturated carbocycles. The van der Waals surface area contributed by atoms with Gasteiger partial charge in [0.1, 0.15) is 0 Å². The first-order valence-electron chi connectivity index (χ1n) is 7.53. The number of hydrogen-bond donors (Lipinski definition) is 2. The van der Waals surface area contributed by atoms with Gasteiger partial charge in [-0.3, -0.25) is 4.79 Å². The molecular weight excluding hydrogens is 288 g/mol. The number of carbonyl (C=O) groups is 1. The van der Waals surface area contributed by atoms with Crippen LogP contribution in [0.25, 0.3) is 0 Å². The van der Waals surface area contributed by atoms with E-state index in [0.29, 0.717) is 19.0 Å². The summed E-state index contributed by atoms with van der Waals surface area (Å²) in [6.45, 7) is 3.63. The van der Waals surface area contributed by atoms with Crippen molar-refractivity contribution >= 4 is 17.5 Å². The van der Waals surface area contributed by atoms with Gasteiger partial charge in [0.25, 0.3) is 0 Å². The largest absolute Gasteiger partial charge is 0.381 e. The lowest BCUT2D eigenvalue weighted by Crippen LogP contribution is -2.37. The van der Waals surface area contributed by atoms with Crippen LogP contribution < -0.4 is 10.6 Å². The number of ether oxygens (including phenoxy) is 1. The number of amides is 1. The molecule has 116 valence electrons. The number of halogens is 1. The van der Waals surface area contributed by atoms with Gasteiger partial charge >= 0.3 is 0 Å². The lowest BCUT2D eigenvalue weighted by atomic mass is 10.0. The Morgan fingerprint density at radius 3 is 2.67 bits per heavy atom. The van der Waals surface area contributed by atoms with E-state index in [0.717, 1.165) is 44.0 Å². The maximum Gasteiger partial charge on any atom is 0.233 e. The Morgan fingerprint density at radius 2 is 1.95 bits per heavy atom. The molecule has 0 aliphatic carbocycles. The van der Waals surface area contributed by atoms with E-state index in [1.54, 1.807) is 0 Å². The smallest absolute Gasteiger partial charge is 0.233 e. The maximum atomic E-state index is 11.7. The van der Waals surface area contributed by atoms with Crippen molar-refractivity contribution in [1.29, 1.82) is 0 Å². The highest BCUT2D eigenvalue weighted by Gasteiger charge is 2.13. The van der Waals surface area contributed by atoms with E-state index >= 15 is 0 Å². The summed E-state index contributed by atoms with van der Waals surface area (Å²) in [7, 11) is 0. The Labute approximate surface area is 131 Å². The van der Waals surface area contributed by atoms with Gasteiger partial charge in [-0.15, -0.1) is 0 Å². The molecule has 1 aliphatic rings. The van der Waals surface area contributed by atoms with Crippen LogP contribution >= 0.6 is 11.6 Å². The zero-order valence-electron chi connectivity index (χ0n) is 12.2. The van der Waals surface area contributed by atoms with E-state index in [-0.39, 0.29) is 5.91 Å². The summed E-state index contributed by atoms with van der Waals surface area (Å²) in [5.74, 6) is 0.691. The molecule has 1 fully saturated rings. The Kier molecular flexibility index (Phi) is 7.00. The van der Waals surface area contributed by atoms with Gasteiger partial charge in [-0.25, -0.2) is 0 Å². The highest BCUT2D eigenvalue weighted by molar-refractivity contribution is 6.30. The molecule has 1 aliphatic heterocycles. The number of benzene rings is 1. The van der Waals surface area contributed by atoms with Crippen molar-refractivity contribution in [2.45, 2.75) is 19.3 Å². The summed E-state index contributed by atoms with van der Waals surface area (Å²) in [4.78, 5) is 11.7. The Balaban J connectivity index is 1.54. The maximum absolute atomic E-state index is 11.7. The van der Waals surface area contributed by atoms with Crippen molar-refractivity contribution in [2.24, 2.45) is 5.92 Å². The molecule has 0 unspecified atom stereocenters. The standard InChI is InChI=1S/C16H23ClN2O2/c17-15-3-1-13(2-4-15)5-8-19-16(20)12-18-11-14-6-9-21-10-7-14/h1-4,14,18H,5-12H2,(H,19,20). The monoisotopic (exact) mass is 310 g/mol. The quantitative estimate of drug-likeness (QED) is 0.810.